The molecule has 5 unspecified atom stereocenters. The van der Waals surface area contributed by atoms with Crippen LogP contribution in [-0.2, 0) is 4.74 Å². The number of hydrogen-bond acceptors (Lipinski definition) is 5. The molecule has 0 radical (unpaired) electrons. The highest BCUT2D eigenvalue weighted by atomic mass is 16.5. The first-order valence-corrected chi connectivity index (χ1v) is 4.83. The summed E-state index contributed by atoms with van der Waals surface area (Å²) in [6.45, 7) is 1.25. The van der Waals surface area contributed by atoms with Gasteiger partial charge in [0.15, 0.2) is 0 Å². The SMILES string of the molecule is CC1OC(CO)CC(CO)C(O)C1O. The number of hydrogen-bond donors (Lipinski definition) is 4. The van der Waals surface area contributed by atoms with Crippen LogP contribution in [-0.4, -0.2) is 58.1 Å². The smallest absolute Gasteiger partial charge is 0.106 e. The quantitative estimate of drug-likeness (QED) is 0.441. The third kappa shape index (κ3) is 2.43. The predicted octanol–water partition coefficient (Wildman–Crippen LogP) is -1.51. The molecule has 1 saturated heterocycles. The molecule has 4 N–H and O–H groups in total. The topological polar surface area (TPSA) is 90.2 Å². The van der Waals surface area contributed by atoms with Gasteiger partial charge in [0.2, 0.25) is 0 Å². The Morgan fingerprint density at radius 3 is 2.29 bits per heavy atom. The summed E-state index contributed by atoms with van der Waals surface area (Å²) >= 11 is 0. The van der Waals surface area contributed by atoms with Crippen molar-refractivity contribution >= 4 is 0 Å². The molecule has 5 heteroatoms. The van der Waals surface area contributed by atoms with Crippen molar-refractivity contribution in [3.63, 3.8) is 0 Å². The summed E-state index contributed by atoms with van der Waals surface area (Å²) in [6.07, 6.45) is -2.60. The van der Waals surface area contributed by atoms with Crippen LogP contribution in [0.15, 0.2) is 0 Å². The third-order valence-electron chi connectivity index (χ3n) is 2.72. The lowest BCUT2D eigenvalue weighted by Gasteiger charge is -2.23. The fourth-order valence-electron chi connectivity index (χ4n) is 1.77. The Balaban J connectivity index is 2.71. The van der Waals surface area contributed by atoms with Gasteiger partial charge in [0.05, 0.1) is 24.9 Å². The van der Waals surface area contributed by atoms with Crippen LogP contribution in [0, 0.1) is 5.92 Å². The number of ether oxygens (including phenoxy) is 1. The first-order valence-electron chi connectivity index (χ1n) is 4.83. The maximum Gasteiger partial charge on any atom is 0.106 e. The molecule has 1 aliphatic rings. The van der Waals surface area contributed by atoms with Crippen molar-refractivity contribution in [2.75, 3.05) is 13.2 Å². The molecule has 84 valence electrons. The van der Waals surface area contributed by atoms with Gasteiger partial charge in [-0.05, 0) is 13.3 Å². The molecule has 0 aromatic heterocycles. The van der Waals surface area contributed by atoms with Gasteiger partial charge in [0.1, 0.15) is 6.10 Å². The van der Waals surface area contributed by atoms with Crippen LogP contribution in [0.4, 0.5) is 0 Å². The van der Waals surface area contributed by atoms with Crippen LogP contribution < -0.4 is 0 Å². The Bertz CT molecular complexity index is 175. The summed E-state index contributed by atoms with van der Waals surface area (Å²) in [5, 5.41) is 37.1. The van der Waals surface area contributed by atoms with E-state index in [1.807, 2.05) is 0 Å². The number of aliphatic hydroxyl groups excluding tert-OH is 4. The minimum absolute atomic E-state index is 0.166. The highest BCUT2D eigenvalue weighted by Gasteiger charge is 2.36. The molecule has 0 bridgehead atoms. The molecule has 0 amide bonds. The molecule has 0 aliphatic carbocycles. The van der Waals surface area contributed by atoms with Crippen LogP contribution in [0.25, 0.3) is 0 Å². The zero-order valence-electron chi connectivity index (χ0n) is 8.21. The molecule has 0 aromatic carbocycles. The molecular formula is C9H18O5. The molecule has 0 aromatic rings. The Morgan fingerprint density at radius 2 is 1.79 bits per heavy atom. The average Bonchev–Trinajstić information content (AvgIpc) is 2.30. The van der Waals surface area contributed by atoms with Crippen LogP contribution in [0.3, 0.4) is 0 Å². The van der Waals surface area contributed by atoms with Gasteiger partial charge in [0, 0.05) is 12.5 Å². The number of aliphatic hydroxyl groups is 4. The van der Waals surface area contributed by atoms with E-state index in [9.17, 15) is 10.2 Å². The molecule has 0 saturated carbocycles. The summed E-state index contributed by atoms with van der Waals surface area (Å²) in [5.41, 5.74) is 0. The van der Waals surface area contributed by atoms with E-state index in [1.54, 1.807) is 6.92 Å². The summed E-state index contributed by atoms with van der Waals surface area (Å²) in [5.74, 6) is -0.438. The van der Waals surface area contributed by atoms with Crippen LogP contribution >= 0.6 is 0 Å². The van der Waals surface area contributed by atoms with Crippen molar-refractivity contribution in [2.45, 2.75) is 37.8 Å². The van der Waals surface area contributed by atoms with E-state index in [0.717, 1.165) is 0 Å². The Labute approximate surface area is 82.9 Å². The highest BCUT2D eigenvalue weighted by molar-refractivity contribution is 4.85. The molecule has 5 atom stereocenters. The zero-order valence-corrected chi connectivity index (χ0v) is 8.21. The monoisotopic (exact) mass is 206 g/mol. The zero-order chi connectivity index (χ0) is 10.7. The maximum atomic E-state index is 9.63. The molecule has 14 heavy (non-hydrogen) atoms. The first-order chi connectivity index (χ1) is 6.60. The van der Waals surface area contributed by atoms with Gasteiger partial charge < -0.3 is 25.2 Å². The summed E-state index contributed by atoms with van der Waals surface area (Å²) in [4.78, 5) is 0. The van der Waals surface area contributed by atoms with E-state index in [1.165, 1.54) is 0 Å². The molecule has 1 fully saturated rings. The van der Waals surface area contributed by atoms with Crippen molar-refractivity contribution in [1.82, 2.24) is 0 Å². The van der Waals surface area contributed by atoms with Gasteiger partial charge in [-0.1, -0.05) is 0 Å². The van der Waals surface area contributed by atoms with Crippen molar-refractivity contribution in [3.05, 3.63) is 0 Å². The lowest BCUT2D eigenvalue weighted by molar-refractivity contribution is -0.0970. The molecule has 1 rings (SSSR count). The van der Waals surface area contributed by atoms with Crippen molar-refractivity contribution < 1.29 is 25.2 Å². The normalized spacial score (nSPS) is 44.8. The van der Waals surface area contributed by atoms with Crippen LogP contribution in [0.2, 0.25) is 0 Å². The van der Waals surface area contributed by atoms with Gasteiger partial charge >= 0.3 is 0 Å². The fraction of sp³-hybridized carbons (Fsp3) is 1.00. The van der Waals surface area contributed by atoms with E-state index in [-0.39, 0.29) is 13.2 Å². The fourth-order valence-corrected chi connectivity index (χ4v) is 1.77. The minimum Gasteiger partial charge on any atom is -0.396 e. The van der Waals surface area contributed by atoms with Crippen molar-refractivity contribution in [3.8, 4) is 0 Å². The first kappa shape index (κ1) is 11.9. The summed E-state index contributed by atoms with van der Waals surface area (Å²) in [6, 6.07) is 0. The summed E-state index contributed by atoms with van der Waals surface area (Å²) in [7, 11) is 0. The maximum absolute atomic E-state index is 9.63. The molecule has 5 nitrogen and oxygen atoms in total. The highest BCUT2D eigenvalue weighted by Crippen LogP contribution is 2.24. The average molecular weight is 206 g/mol. The van der Waals surface area contributed by atoms with Crippen LogP contribution in [0.5, 0.6) is 0 Å². The Hall–Kier alpha value is -0.200. The number of rotatable bonds is 2. The molecule has 0 spiro atoms. The Kier molecular flexibility index (Phi) is 4.28. The van der Waals surface area contributed by atoms with E-state index >= 15 is 0 Å². The predicted molar refractivity (Wildman–Crippen MR) is 48.6 cm³/mol. The van der Waals surface area contributed by atoms with E-state index < -0.39 is 30.3 Å². The van der Waals surface area contributed by atoms with Gasteiger partial charge in [-0.3, -0.25) is 0 Å². The second kappa shape index (κ2) is 5.04. The molecular weight excluding hydrogens is 188 g/mol. The van der Waals surface area contributed by atoms with E-state index in [4.69, 9.17) is 14.9 Å². The minimum atomic E-state index is -1.01. The molecule has 1 heterocycles. The van der Waals surface area contributed by atoms with Gasteiger partial charge in [-0.2, -0.15) is 0 Å². The second-order valence-corrected chi connectivity index (χ2v) is 3.81. The van der Waals surface area contributed by atoms with Crippen LogP contribution in [0.1, 0.15) is 13.3 Å². The lowest BCUT2D eigenvalue weighted by atomic mass is 9.93. The van der Waals surface area contributed by atoms with Gasteiger partial charge in [-0.25, -0.2) is 0 Å². The van der Waals surface area contributed by atoms with E-state index in [2.05, 4.69) is 0 Å². The third-order valence-corrected chi connectivity index (χ3v) is 2.72. The Morgan fingerprint density at radius 1 is 1.14 bits per heavy atom. The van der Waals surface area contributed by atoms with Gasteiger partial charge in [-0.15, -0.1) is 0 Å². The van der Waals surface area contributed by atoms with E-state index in [0.29, 0.717) is 6.42 Å². The van der Waals surface area contributed by atoms with Gasteiger partial charge in [0.25, 0.3) is 0 Å². The van der Waals surface area contributed by atoms with Crippen molar-refractivity contribution in [1.29, 1.82) is 0 Å². The standard InChI is InChI=1S/C9H18O5/c1-5-8(12)9(13)6(3-10)2-7(4-11)14-5/h5-13H,2-4H2,1H3. The summed E-state index contributed by atoms with van der Waals surface area (Å²) < 4.78 is 5.30. The van der Waals surface area contributed by atoms with Crippen molar-refractivity contribution in [2.24, 2.45) is 5.92 Å². The largest absolute Gasteiger partial charge is 0.396 e. The second-order valence-electron chi connectivity index (χ2n) is 3.81. The lowest BCUT2D eigenvalue weighted by Crippen LogP contribution is -2.40. The molecule has 1 aliphatic heterocycles.